The highest BCUT2D eigenvalue weighted by molar-refractivity contribution is 5.77. The predicted molar refractivity (Wildman–Crippen MR) is 71.4 cm³/mol. The normalized spacial score (nSPS) is 16.4. The van der Waals surface area contributed by atoms with Crippen LogP contribution in [0.4, 0.5) is 4.79 Å². The fourth-order valence-electron chi connectivity index (χ4n) is 2.57. The zero-order chi connectivity index (χ0) is 13.0. The van der Waals surface area contributed by atoms with Crippen molar-refractivity contribution in [1.82, 2.24) is 14.5 Å². The monoisotopic (exact) mass is 249 g/mol. The van der Waals surface area contributed by atoms with E-state index in [1.807, 2.05) is 0 Å². The maximum absolute atomic E-state index is 12.5. The summed E-state index contributed by atoms with van der Waals surface area (Å²) in [7, 11) is 0. The number of hydrogen-bond acceptors (Lipinski definition) is 2. The molecule has 4 nitrogen and oxygen atoms in total. The van der Waals surface area contributed by atoms with Gasteiger partial charge in [-0.15, -0.1) is 0 Å². The molecule has 1 aromatic heterocycles. The second kappa shape index (κ2) is 6.03. The lowest BCUT2D eigenvalue weighted by Gasteiger charge is -2.29. The van der Waals surface area contributed by atoms with Crippen molar-refractivity contribution in [2.24, 2.45) is 5.92 Å². The van der Waals surface area contributed by atoms with E-state index in [1.165, 1.54) is 12.8 Å². The van der Waals surface area contributed by atoms with Gasteiger partial charge in [0.1, 0.15) is 6.33 Å². The molecular weight excluding hydrogens is 226 g/mol. The van der Waals surface area contributed by atoms with Gasteiger partial charge in [0.25, 0.3) is 0 Å². The Morgan fingerprint density at radius 1 is 1.44 bits per heavy atom. The van der Waals surface area contributed by atoms with Crippen molar-refractivity contribution >= 4 is 6.03 Å². The van der Waals surface area contributed by atoms with Gasteiger partial charge in [-0.2, -0.15) is 0 Å². The van der Waals surface area contributed by atoms with Gasteiger partial charge in [-0.05, 0) is 25.2 Å². The molecule has 1 fully saturated rings. The third-order valence-corrected chi connectivity index (χ3v) is 3.68. The highest BCUT2D eigenvalue weighted by atomic mass is 16.2. The second-order valence-corrected chi connectivity index (χ2v) is 5.57. The number of amides is 1. The largest absolute Gasteiger partial charge is 0.329 e. The smallest absolute Gasteiger partial charge is 0.321 e. The number of carbonyl (C=O) groups is 1. The molecule has 0 saturated heterocycles. The lowest BCUT2D eigenvalue weighted by Crippen LogP contribution is -2.42. The van der Waals surface area contributed by atoms with E-state index in [2.05, 4.69) is 23.7 Å². The first-order valence-corrected chi connectivity index (χ1v) is 6.97. The quantitative estimate of drug-likeness (QED) is 0.822. The molecule has 1 aromatic rings. The van der Waals surface area contributed by atoms with Crippen LogP contribution in [0.2, 0.25) is 0 Å². The summed E-state index contributed by atoms with van der Waals surface area (Å²) in [6.07, 6.45) is 10.9. The van der Waals surface area contributed by atoms with Crippen LogP contribution in [0, 0.1) is 5.92 Å². The molecular formula is C14H23N3O. The molecule has 0 atom stereocenters. The highest BCUT2D eigenvalue weighted by Crippen LogP contribution is 2.24. The lowest BCUT2D eigenvalue weighted by atomic mass is 10.1. The molecule has 0 spiro atoms. The van der Waals surface area contributed by atoms with Crippen LogP contribution in [0.25, 0.3) is 0 Å². The molecule has 0 N–H and O–H groups in total. The highest BCUT2D eigenvalue weighted by Gasteiger charge is 2.27. The Morgan fingerprint density at radius 3 is 2.72 bits per heavy atom. The molecule has 18 heavy (non-hydrogen) atoms. The molecule has 1 saturated carbocycles. The first kappa shape index (κ1) is 13.1. The minimum absolute atomic E-state index is 0.0834. The molecule has 0 bridgehead atoms. The first-order valence-electron chi connectivity index (χ1n) is 6.97. The Kier molecular flexibility index (Phi) is 4.39. The van der Waals surface area contributed by atoms with Crippen molar-refractivity contribution in [2.75, 3.05) is 6.54 Å². The predicted octanol–water partition coefficient (Wildman–Crippen LogP) is 3.14. The Labute approximate surface area is 109 Å². The summed E-state index contributed by atoms with van der Waals surface area (Å²) < 4.78 is 1.60. The van der Waals surface area contributed by atoms with Crippen LogP contribution in [-0.2, 0) is 0 Å². The molecule has 0 aliphatic heterocycles. The van der Waals surface area contributed by atoms with Crippen molar-refractivity contribution in [2.45, 2.75) is 52.0 Å². The zero-order valence-corrected chi connectivity index (χ0v) is 11.4. The molecule has 4 heteroatoms. The average Bonchev–Trinajstić information content (AvgIpc) is 3.01. The summed E-state index contributed by atoms with van der Waals surface area (Å²) in [5, 5.41) is 0. The molecule has 100 valence electrons. The molecule has 0 unspecified atom stereocenters. The number of hydrogen-bond donors (Lipinski definition) is 0. The molecule has 0 radical (unpaired) electrons. The minimum Gasteiger partial charge on any atom is -0.321 e. The van der Waals surface area contributed by atoms with Gasteiger partial charge in [0, 0.05) is 25.0 Å². The van der Waals surface area contributed by atoms with Crippen LogP contribution in [0.15, 0.2) is 18.7 Å². The Hall–Kier alpha value is -1.32. The van der Waals surface area contributed by atoms with Gasteiger partial charge in [-0.25, -0.2) is 9.78 Å². The van der Waals surface area contributed by atoms with Crippen molar-refractivity contribution in [3.63, 3.8) is 0 Å². The van der Waals surface area contributed by atoms with E-state index in [0.717, 1.165) is 25.8 Å². The van der Waals surface area contributed by atoms with Gasteiger partial charge in [-0.3, -0.25) is 4.57 Å². The summed E-state index contributed by atoms with van der Waals surface area (Å²) in [5.74, 6) is 0.629. The van der Waals surface area contributed by atoms with Gasteiger partial charge in [0.05, 0.1) is 0 Å². The number of carbonyl (C=O) groups excluding carboxylic acids is 1. The van der Waals surface area contributed by atoms with E-state index in [0.29, 0.717) is 12.0 Å². The fourth-order valence-corrected chi connectivity index (χ4v) is 2.57. The molecule has 2 rings (SSSR count). The number of imidazole rings is 1. The first-order chi connectivity index (χ1) is 8.68. The van der Waals surface area contributed by atoms with E-state index in [4.69, 9.17) is 0 Å². The average molecular weight is 249 g/mol. The van der Waals surface area contributed by atoms with Crippen molar-refractivity contribution in [3.8, 4) is 0 Å². The van der Waals surface area contributed by atoms with Crippen LogP contribution in [0.5, 0.6) is 0 Å². The topological polar surface area (TPSA) is 38.1 Å². The molecule has 1 heterocycles. The summed E-state index contributed by atoms with van der Waals surface area (Å²) in [4.78, 5) is 18.5. The van der Waals surface area contributed by atoms with E-state index in [-0.39, 0.29) is 6.03 Å². The van der Waals surface area contributed by atoms with Crippen LogP contribution < -0.4 is 0 Å². The summed E-state index contributed by atoms with van der Waals surface area (Å²) in [6, 6.07) is 0.513. The number of nitrogens with zero attached hydrogens (tertiary/aromatic N) is 3. The van der Waals surface area contributed by atoms with Gasteiger partial charge in [0.15, 0.2) is 0 Å². The zero-order valence-electron chi connectivity index (χ0n) is 11.4. The maximum atomic E-state index is 12.5. The van der Waals surface area contributed by atoms with Gasteiger partial charge >= 0.3 is 6.03 Å². The maximum Gasteiger partial charge on any atom is 0.329 e. The molecule has 1 aliphatic carbocycles. The summed E-state index contributed by atoms with van der Waals surface area (Å²) in [5.41, 5.74) is 0. The molecule has 1 aliphatic rings. The Morgan fingerprint density at radius 2 is 2.17 bits per heavy atom. The van der Waals surface area contributed by atoms with Crippen molar-refractivity contribution in [1.29, 1.82) is 0 Å². The summed E-state index contributed by atoms with van der Waals surface area (Å²) in [6.45, 7) is 5.27. The van der Waals surface area contributed by atoms with Crippen LogP contribution in [-0.4, -0.2) is 33.1 Å². The van der Waals surface area contributed by atoms with E-state index >= 15 is 0 Å². The van der Waals surface area contributed by atoms with Gasteiger partial charge in [0.2, 0.25) is 0 Å². The second-order valence-electron chi connectivity index (χ2n) is 5.57. The van der Waals surface area contributed by atoms with Crippen LogP contribution >= 0.6 is 0 Å². The van der Waals surface area contributed by atoms with E-state index < -0.39 is 0 Å². The van der Waals surface area contributed by atoms with E-state index in [9.17, 15) is 4.79 Å². The lowest BCUT2D eigenvalue weighted by molar-refractivity contribution is 0.172. The summed E-state index contributed by atoms with van der Waals surface area (Å²) >= 11 is 0. The third kappa shape index (κ3) is 3.12. The Balaban J connectivity index is 2.05. The third-order valence-electron chi connectivity index (χ3n) is 3.68. The standard InChI is InChI=1S/C14H23N3O/c1-12(2)7-9-17(13-5-3-4-6-13)14(18)16-10-8-15-11-16/h8,10-13H,3-7,9H2,1-2H3. The van der Waals surface area contributed by atoms with Crippen molar-refractivity contribution in [3.05, 3.63) is 18.7 Å². The van der Waals surface area contributed by atoms with E-state index in [1.54, 1.807) is 23.3 Å². The SMILES string of the molecule is CC(C)CCN(C(=O)n1ccnc1)C1CCCC1. The van der Waals surface area contributed by atoms with Crippen LogP contribution in [0.1, 0.15) is 46.0 Å². The minimum atomic E-state index is 0.0834. The van der Waals surface area contributed by atoms with Gasteiger partial charge < -0.3 is 4.90 Å². The molecule has 0 aromatic carbocycles. The number of aromatic nitrogens is 2. The number of rotatable bonds is 4. The van der Waals surface area contributed by atoms with Gasteiger partial charge in [-0.1, -0.05) is 26.7 Å². The molecule has 1 amide bonds. The Bertz CT molecular complexity index is 366. The van der Waals surface area contributed by atoms with Crippen LogP contribution in [0.3, 0.4) is 0 Å². The van der Waals surface area contributed by atoms with Crippen molar-refractivity contribution < 1.29 is 4.79 Å². The fraction of sp³-hybridized carbons (Fsp3) is 0.714.